The van der Waals surface area contributed by atoms with Crippen LogP contribution >= 0.6 is 8.86 Å². The lowest BCUT2D eigenvalue weighted by Crippen LogP contribution is -2.28. The average Bonchev–Trinajstić information content (AvgIpc) is 1.67. The molecular weight excluding hydrogens is 119 g/mol. The van der Waals surface area contributed by atoms with Gasteiger partial charge in [0.05, 0.1) is 0 Å². The van der Waals surface area contributed by atoms with Crippen molar-refractivity contribution in [1.29, 1.82) is 0 Å². The Hall–Kier alpha value is 0.0900. The Labute approximate surface area is 52.9 Å². The Morgan fingerprint density at radius 1 is 1.75 bits per heavy atom. The summed E-state index contributed by atoms with van der Waals surface area (Å²) < 4.78 is 0. The summed E-state index contributed by atoms with van der Waals surface area (Å²) in [6.07, 6.45) is 0. The Bertz CT molecular complexity index is 82.5. The van der Waals surface area contributed by atoms with Gasteiger partial charge in [-0.1, -0.05) is 0 Å². The van der Waals surface area contributed by atoms with Gasteiger partial charge in [0.1, 0.15) is 0 Å². The van der Waals surface area contributed by atoms with Gasteiger partial charge in [-0.2, -0.15) is 0 Å². The van der Waals surface area contributed by atoms with Crippen molar-refractivity contribution in [2.24, 2.45) is 5.73 Å². The predicted molar refractivity (Wildman–Crippen MR) is 40.7 cm³/mol. The Kier molecular flexibility index (Phi) is 4.06. The monoisotopic (exact) mass is 132 g/mol. The molecule has 0 radical (unpaired) electrons. The molecule has 8 heavy (non-hydrogen) atoms. The lowest BCUT2D eigenvalue weighted by Gasteiger charge is -2.12. The first-order valence-electron chi connectivity index (χ1n) is 2.65. The number of nitrogens with two attached hydrogens (primary N) is 1. The molecule has 0 unspecified atom stereocenters. The van der Waals surface area contributed by atoms with Gasteiger partial charge < -0.3 is 5.73 Å². The molecule has 0 aliphatic heterocycles. The molecule has 0 aromatic heterocycles. The molecule has 0 rings (SSSR count). The zero-order valence-corrected chi connectivity index (χ0v) is 6.44. The minimum absolute atomic E-state index is 0.707. The molecule has 0 amide bonds. The summed E-state index contributed by atoms with van der Waals surface area (Å²) in [7, 11) is 5.37. The van der Waals surface area contributed by atoms with Crippen molar-refractivity contribution in [3.63, 3.8) is 0 Å². The van der Waals surface area contributed by atoms with E-state index < -0.39 is 0 Å². The molecule has 0 saturated carbocycles. The fourth-order valence-electron chi connectivity index (χ4n) is 0.361. The molecule has 48 valence electrons. The first-order chi connectivity index (χ1) is 3.68. The number of rotatable bonds is 3. The lowest BCUT2D eigenvalue weighted by atomic mass is 10.5. The van der Waals surface area contributed by atoms with E-state index in [1.165, 1.54) is 0 Å². The third-order valence-corrected chi connectivity index (χ3v) is 1.42. The fourth-order valence-corrected chi connectivity index (χ4v) is 0.473. The first kappa shape index (κ1) is 8.09. The van der Waals surface area contributed by atoms with E-state index in [1.54, 1.807) is 0 Å². The van der Waals surface area contributed by atoms with E-state index in [4.69, 9.17) is 5.73 Å². The maximum atomic E-state index is 5.29. The molecule has 0 heterocycles. The molecule has 2 nitrogen and oxygen atoms in total. The second-order valence-corrected chi connectivity index (χ2v) is 2.52. The van der Waals surface area contributed by atoms with Crippen LogP contribution in [0.15, 0.2) is 0 Å². The van der Waals surface area contributed by atoms with Crippen LogP contribution in [0.25, 0.3) is 0 Å². The van der Waals surface area contributed by atoms with Crippen molar-refractivity contribution in [2.75, 3.05) is 20.1 Å². The van der Waals surface area contributed by atoms with Gasteiger partial charge in [0.15, 0.2) is 0 Å². The highest BCUT2D eigenvalue weighted by Gasteiger charge is 1.93. The summed E-state index contributed by atoms with van der Waals surface area (Å²) in [6, 6.07) is 0. The van der Waals surface area contributed by atoms with Crippen LogP contribution in [0.3, 0.4) is 0 Å². The number of hydrogen-bond acceptors (Lipinski definition) is 1. The standard InChI is InChI=1S/C5H13N2P/c1-5(8)7(2)4-3-6/h8H,3-4,6H2,1-2H3. The Morgan fingerprint density at radius 2 is 2.25 bits per heavy atom. The van der Waals surface area contributed by atoms with Gasteiger partial charge in [0.25, 0.3) is 0 Å². The van der Waals surface area contributed by atoms with Crippen LogP contribution in [0.5, 0.6) is 0 Å². The zero-order chi connectivity index (χ0) is 6.57. The summed E-state index contributed by atoms with van der Waals surface area (Å²) in [5.74, 6) is 0. The third kappa shape index (κ3) is 3.14. The highest BCUT2D eigenvalue weighted by Crippen LogP contribution is 1.84. The highest BCUT2D eigenvalue weighted by atomic mass is 31.0. The number of likely N-dealkylation sites (N-methyl/N-ethyl adjacent to an activating group) is 1. The van der Waals surface area contributed by atoms with Gasteiger partial charge >= 0.3 is 0 Å². The largest absolute Gasteiger partial charge is 0.329 e. The lowest BCUT2D eigenvalue weighted by molar-refractivity contribution is 0.522. The van der Waals surface area contributed by atoms with Crippen molar-refractivity contribution < 1.29 is 0 Å². The summed E-state index contributed by atoms with van der Waals surface area (Å²) in [5, 5.41) is 0. The van der Waals surface area contributed by atoms with Gasteiger partial charge in [-0.25, -0.2) is 0 Å². The summed E-state index contributed by atoms with van der Waals surface area (Å²) in [5.41, 5.74) is 6.41. The minimum atomic E-state index is 0.707. The van der Waals surface area contributed by atoms with E-state index in [0.29, 0.717) is 6.54 Å². The van der Waals surface area contributed by atoms with Crippen LogP contribution in [0.4, 0.5) is 0 Å². The molecule has 0 fully saturated rings. The molecule has 0 aromatic carbocycles. The van der Waals surface area contributed by atoms with Crippen molar-refractivity contribution in [3.8, 4) is 0 Å². The van der Waals surface area contributed by atoms with E-state index in [1.807, 2.05) is 14.0 Å². The Balaban J connectivity index is 3.32. The molecule has 3 heteroatoms. The minimum Gasteiger partial charge on any atom is -0.329 e. The van der Waals surface area contributed by atoms with Gasteiger partial charge in [-0.3, -0.25) is 4.90 Å². The smallest absolute Gasteiger partial charge is 0.0150 e. The van der Waals surface area contributed by atoms with E-state index >= 15 is 0 Å². The molecular formula is C5H13N2P. The van der Waals surface area contributed by atoms with Gasteiger partial charge in [0, 0.05) is 18.5 Å². The molecule has 0 aliphatic carbocycles. The van der Waals surface area contributed by atoms with Crippen LogP contribution < -0.4 is 5.73 Å². The maximum absolute atomic E-state index is 5.29. The van der Waals surface area contributed by atoms with Gasteiger partial charge in [-0.15, -0.1) is 8.86 Å². The quantitative estimate of drug-likeness (QED) is 0.554. The van der Waals surface area contributed by atoms with E-state index in [-0.39, 0.29) is 0 Å². The third-order valence-electron chi connectivity index (χ3n) is 1.04. The summed E-state index contributed by atoms with van der Waals surface area (Å²) in [4.78, 5) is 2.05. The second kappa shape index (κ2) is 4.02. The number of nitrogens with zero attached hydrogens (tertiary/aromatic N) is 1. The second-order valence-electron chi connectivity index (χ2n) is 1.80. The molecule has 0 saturated heterocycles. The topological polar surface area (TPSA) is 29.3 Å². The molecule has 0 aromatic rings. The van der Waals surface area contributed by atoms with E-state index in [0.717, 1.165) is 12.0 Å². The van der Waals surface area contributed by atoms with Crippen molar-refractivity contribution in [3.05, 3.63) is 0 Å². The zero-order valence-electron chi connectivity index (χ0n) is 5.44. The molecule has 2 N–H and O–H groups in total. The van der Waals surface area contributed by atoms with Gasteiger partial charge in [-0.05, 0) is 14.0 Å². The SMILES string of the molecule is CC(=P)N(C)CCN. The fraction of sp³-hybridized carbons (Fsp3) is 0.800. The maximum Gasteiger partial charge on any atom is 0.0150 e. The van der Waals surface area contributed by atoms with Crippen LogP contribution in [0.2, 0.25) is 0 Å². The molecule has 0 bridgehead atoms. The average molecular weight is 132 g/mol. The van der Waals surface area contributed by atoms with Crippen molar-refractivity contribution >= 4 is 14.3 Å². The Morgan fingerprint density at radius 3 is 2.38 bits per heavy atom. The van der Waals surface area contributed by atoms with Crippen LogP contribution in [0, 0.1) is 0 Å². The summed E-state index contributed by atoms with van der Waals surface area (Å²) >= 11 is 0. The first-order valence-corrected chi connectivity index (χ1v) is 3.15. The molecule has 0 aliphatic rings. The predicted octanol–water partition coefficient (Wildman–Crippen LogP) is 0.170. The molecule has 0 spiro atoms. The normalized spacial score (nSPS) is 10.0. The van der Waals surface area contributed by atoms with E-state index in [2.05, 4.69) is 13.8 Å². The van der Waals surface area contributed by atoms with Crippen molar-refractivity contribution in [1.82, 2.24) is 4.90 Å². The van der Waals surface area contributed by atoms with Crippen LogP contribution in [-0.2, 0) is 0 Å². The highest BCUT2D eigenvalue weighted by molar-refractivity contribution is 7.20. The van der Waals surface area contributed by atoms with Crippen molar-refractivity contribution in [2.45, 2.75) is 6.92 Å². The summed E-state index contributed by atoms with van der Waals surface area (Å²) in [6.45, 7) is 3.61. The van der Waals surface area contributed by atoms with Gasteiger partial charge in [0.2, 0.25) is 0 Å². The van der Waals surface area contributed by atoms with E-state index in [9.17, 15) is 0 Å². The number of hydrogen-bond donors (Lipinski definition) is 1. The molecule has 0 atom stereocenters. The van der Waals surface area contributed by atoms with Crippen LogP contribution in [-0.4, -0.2) is 30.5 Å². The van der Waals surface area contributed by atoms with Crippen LogP contribution in [0.1, 0.15) is 6.92 Å².